The number of alkyl halides is 3. The minimum Gasteiger partial charge on any atom is -0.491 e. The SMILES string of the molecule is Cc1c(OC[C@@H](O)CC#N)ccc([C@H]2CCC[C@H]3CN(C(=O)c4ccc(C(F)(F)F)cc4)CCN32)c1C. The van der Waals surface area contributed by atoms with Crippen molar-refractivity contribution in [3.05, 3.63) is 64.2 Å². The number of benzene rings is 2. The highest BCUT2D eigenvalue weighted by Crippen LogP contribution is 2.40. The Hall–Kier alpha value is -3.09. The molecule has 0 spiro atoms. The quantitative estimate of drug-likeness (QED) is 0.584. The number of ether oxygens (including phenoxy) is 1. The van der Waals surface area contributed by atoms with Gasteiger partial charge >= 0.3 is 6.18 Å². The van der Waals surface area contributed by atoms with E-state index in [1.807, 2.05) is 19.1 Å². The summed E-state index contributed by atoms with van der Waals surface area (Å²) in [4.78, 5) is 17.3. The molecule has 2 aromatic rings. The first-order valence-corrected chi connectivity index (χ1v) is 12.6. The van der Waals surface area contributed by atoms with Crippen LogP contribution < -0.4 is 4.74 Å². The van der Waals surface area contributed by atoms with Crippen LogP contribution in [0.1, 0.15) is 64.3 Å². The average molecular weight is 516 g/mol. The van der Waals surface area contributed by atoms with Crippen molar-refractivity contribution in [2.45, 2.75) is 63.9 Å². The second-order valence-electron chi connectivity index (χ2n) is 9.89. The van der Waals surface area contributed by atoms with Gasteiger partial charge in [0.25, 0.3) is 5.91 Å². The van der Waals surface area contributed by atoms with Crippen molar-refractivity contribution in [2.24, 2.45) is 0 Å². The zero-order valence-electron chi connectivity index (χ0n) is 21.1. The Morgan fingerprint density at radius 2 is 1.86 bits per heavy atom. The molecule has 1 amide bonds. The van der Waals surface area contributed by atoms with Crippen molar-refractivity contribution in [2.75, 3.05) is 26.2 Å². The highest BCUT2D eigenvalue weighted by atomic mass is 19.4. The number of carbonyl (C=O) groups is 1. The van der Waals surface area contributed by atoms with Gasteiger partial charge in [-0.15, -0.1) is 0 Å². The molecular weight excluding hydrogens is 483 g/mol. The number of halogens is 3. The lowest BCUT2D eigenvalue weighted by Gasteiger charge is -2.49. The Bertz CT molecular complexity index is 1160. The van der Waals surface area contributed by atoms with Gasteiger partial charge in [0.05, 0.1) is 18.1 Å². The summed E-state index contributed by atoms with van der Waals surface area (Å²) in [6.07, 6.45) is -2.25. The number of hydrogen-bond acceptors (Lipinski definition) is 5. The van der Waals surface area contributed by atoms with E-state index < -0.39 is 17.8 Å². The third kappa shape index (κ3) is 5.91. The predicted octanol–water partition coefficient (Wildman–Crippen LogP) is 5.03. The van der Waals surface area contributed by atoms with E-state index in [9.17, 15) is 23.1 Å². The molecule has 0 saturated carbocycles. The van der Waals surface area contributed by atoms with Crippen LogP contribution in [0, 0.1) is 25.2 Å². The number of aliphatic hydroxyl groups excluding tert-OH is 1. The number of piperidine rings is 1. The lowest BCUT2D eigenvalue weighted by atomic mass is 9.86. The molecule has 0 bridgehead atoms. The first-order chi connectivity index (χ1) is 17.6. The van der Waals surface area contributed by atoms with Crippen molar-refractivity contribution in [1.82, 2.24) is 9.80 Å². The van der Waals surface area contributed by atoms with Crippen LogP contribution in [0.4, 0.5) is 13.2 Å². The van der Waals surface area contributed by atoms with Gasteiger partial charge in [0.15, 0.2) is 0 Å². The van der Waals surface area contributed by atoms with E-state index in [0.29, 0.717) is 25.4 Å². The summed E-state index contributed by atoms with van der Waals surface area (Å²) in [6, 6.07) is 10.8. The molecule has 0 unspecified atom stereocenters. The fraction of sp³-hybridized carbons (Fsp3) is 0.500. The third-order valence-electron chi connectivity index (χ3n) is 7.59. The van der Waals surface area contributed by atoms with Crippen molar-refractivity contribution in [1.29, 1.82) is 5.26 Å². The molecule has 37 heavy (non-hydrogen) atoms. The highest BCUT2D eigenvalue weighted by Gasteiger charge is 2.38. The Morgan fingerprint density at radius 1 is 1.14 bits per heavy atom. The van der Waals surface area contributed by atoms with E-state index >= 15 is 0 Å². The normalized spacial score (nSPS) is 21.2. The number of aliphatic hydroxyl groups is 1. The van der Waals surface area contributed by atoms with Crippen molar-refractivity contribution in [3.63, 3.8) is 0 Å². The molecule has 0 radical (unpaired) electrons. The Labute approximate surface area is 215 Å². The minimum absolute atomic E-state index is 0.0208. The van der Waals surface area contributed by atoms with Crippen molar-refractivity contribution in [3.8, 4) is 11.8 Å². The van der Waals surface area contributed by atoms with E-state index in [2.05, 4.69) is 17.9 Å². The van der Waals surface area contributed by atoms with Gasteiger partial charge in [-0.25, -0.2) is 0 Å². The number of nitriles is 1. The molecule has 0 aliphatic carbocycles. The number of carbonyl (C=O) groups excluding carboxylic acids is 1. The van der Waals surface area contributed by atoms with Gasteiger partial charge in [0.2, 0.25) is 0 Å². The van der Waals surface area contributed by atoms with E-state index in [4.69, 9.17) is 10.00 Å². The fourth-order valence-electron chi connectivity index (χ4n) is 5.44. The maximum Gasteiger partial charge on any atom is 0.416 e. The summed E-state index contributed by atoms with van der Waals surface area (Å²) in [5.74, 6) is 0.458. The van der Waals surface area contributed by atoms with Gasteiger partial charge in [-0.2, -0.15) is 18.4 Å². The molecule has 0 aromatic heterocycles. The van der Waals surface area contributed by atoms with Crippen LogP contribution in [0.3, 0.4) is 0 Å². The van der Waals surface area contributed by atoms with Gasteiger partial charge in [-0.3, -0.25) is 9.69 Å². The zero-order valence-corrected chi connectivity index (χ0v) is 21.1. The van der Waals surface area contributed by atoms with Crippen LogP contribution in [-0.2, 0) is 6.18 Å². The Kier molecular flexibility index (Phi) is 8.10. The largest absolute Gasteiger partial charge is 0.491 e. The molecule has 1 N–H and O–H groups in total. The van der Waals surface area contributed by atoms with Crippen LogP contribution in [-0.4, -0.2) is 59.2 Å². The minimum atomic E-state index is -4.43. The molecule has 9 heteroatoms. The number of piperazine rings is 1. The standard InChI is InChI=1S/C28H32F3N3O3/c1-18-19(2)26(37-17-23(35)12-13-32)11-10-24(18)25-5-3-4-22-16-33(14-15-34(22)25)27(36)20-6-8-21(9-7-20)28(29,30)31/h6-11,22-23,25,35H,3-5,12,14-17H2,1-2H3/t22-,23-,25+/m0/s1. The van der Waals surface area contributed by atoms with E-state index in [0.717, 1.165) is 42.5 Å². The molecule has 6 nitrogen and oxygen atoms in total. The monoisotopic (exact) mass is 515 g/mol. The van der Waals surface area contributed by atoms with Crippen molar-refractivity contribution < 1.29 is 27.8 Å². The van der Waals surface area contributed by atoms with Gasteiger partial charge in [-0.1, -0.05) is 6.07 Å². The molecular formula is C28H32F3N3O3. The Morgan fingerprint density at radius 3 is 2.54 bits per heavy atom. The highest BCUT2D eigenvalue weighted by molar-refractivity contribution is 5.94. The number of hydrogen-bond donors (Lipinski definition) is 1. The second-order valence-corrected chi connectivity index (χ2v) is 9.89. The number of amides is 1. The number of nitrogens with zero attached hydrogens (tertiary/aromatic N) is 3. The summed E-state index contributed by atoms with van der Waals surface area (Å²) in [5.41, 5.74) is 2.86. The van der Waals surface area contributed by atoms with Crippen LogP contribution in [0.25, 0.3) is 0 Å². The van der Waals surface area contributed by atoms with Crippen LogP contribution in [0.15, 0.2) is 36.4 Å². The molecule has 2 aromatic carbocycles. The first kappa shape index (κ1) is 27.0. The summed E-state index contributed by atoms with van der Waals surface area (Å²) < 4.78 is 44.4. The summed E-state index contributed by atoms with van der Waals surface area (Å²) in [6.45, 7) is 5.88. The maximum absolute atomic E-state index is 13.1. The van der Waals surface area contributed by atoms with E-state index in [1.54, 1.807) is 4.90 Å². The van der Waals surface area contributed by atoms with Gasteiger partial charge in [0.1, 0.15) is 18.5 Å². The lowest BCUT2D eigenvalue weighted by Crippen LogP contribution is -2.57. The van der Waals surface area contributed by atoms with Crippen LogP contribution >= 0.6 is 0 Å². The molecule has 4 rings (SSSR count). The second kappa shape index (κ2) is 11.1. The fourth-order valence-corrected chi connectivity index (χ4v) is 5.44. The van der Waals surface area contributed by atoms with Gasteiger partial charge in [0, 0.05) is 37.3 Å². The van der Waals surface area contributed by atoms with Crippen molar-refractivity contribution >= 4 is 5.91 Å². The predicted molar refractivity (Wildman–Crippen MR) is 132 cm³/mol. The summed E-state index contributed by atoms with van der Waals surface area (Å²) in [7, 11) is 0. The Balaban J connectivity index is 1.44. The summed E-state index contributed by atoms with van der Waals surface area (Å²) in [5, 5.41) is 18.5. The third-order valence-corrected chi connectivity index (χ3v) is 7.59. The molecule has 2 fully saturated rings. The average Bonchev–Trinajstić information content (AvgIpc) is 2.88. The molecule has 3 atom stereocenters. The van der Waals surface area contributed by atoms with E-state index in [-0.39, 0.29) is 36.6 Å². The molecule has 198 valence electrons. The van der Waals surface area contributed by atoms with Crippen LogP contribution in [0.2, 0.25) is 0 Å². The lowest BCUT2D eigenvalue weighted by molar-refractivity contribution is -0.137. The maximum atomic E-state index is 13.1. The van der Waals surface area contributed by atoms with Crippen LogP contribution in [0.5, 0.6) is 5.75 Å². The van der Waals surface area contributed by atoms with E-state index in [1.165, 1.54) is 17.7 Å². The number of fused-ring (bicyclic) bond motifs is 1. The molecule has 2 aliphatic rings. The summed E-state index contributed by atoms with van der Waals surface area (Å²) >= 11 is 0. The molecule has 2 saturated heterocycles. The topological polar surface area (TPSA) is 76.8 Å². The van der Waals surface area contributed by atoms with Gasteiger partial charge < -0.3 is 14.7 Å². The number of rotatable bonds is 6. The zero-order chi connectivity index (χ0) is 26.7. The molecule has 2 aliphatic heterocycles. The molecule has 2 heterocycles. The first-order valence-electron chi connectivity index (χ1n) is 12.6. The van der Waals surface area contributed by atoms with Gasteiger partial charge in [-0.05, 0) is 80.1 Å². The smallest absolute Gasteiger partial charge is 0.416 e.